The maximum atomic E-state index is 11.8. The summed E-state index contributed by atoms with van der Waals surface area (Å²) in [4.78, 5) is 11.8. The third kappa shape index (κ3) is 14.8. The number of unbranched alkanes of at least 4 members (excludes halogenated alkanes) is 14. The number of phenolic OH excluding ortho intramolecular Hbond substituents is 2. The lowest BCUT2D eigenvalue weighted by Crippen LogP contribution is -2.06. The fourth-order valence-electron chi connectivity index (χ4n) is 3.94. The van der Waals surface area contributed by atoms with E-state index in [1.165, 1.54) is 89.5 Å². The molecule has 1 aromatic carbocycles. The number of rotatable bonds is 20. The zero-order chi connectivity index (χ0) is 22.6. The van der Waals surface area contributed by atoms with Gasteiger partial charge in [0, 0.05) is 6.42 Å². The van der Waals surface area contributed by atoms with Crippen molar-refractivity contribution in [1.82, 2.24) is 0 Å². The molecule has 0 spiro atoms. The molecule has 4 nitrogen and oxygen atoms in total. The topological polar surface area (TPSA) is 66.8 Å². The first-order valence-electron chi connectivity index (χ1n) is 12.8. The molecule has 0 fully saturated rings. The summed E-state index contributed by atoms with van der Waals surface area (Å²) in [6.45, 7) is 2.62. The van der Waals surface area contributed by atoms with Crippen LogP contribution >= 0.6 is 0 Å². The minimum atomic E-state index is -0.130. The molecule has 2 N–H and O–H groups in total. The predicted octanol–water partition coefficient (Wildman–Crippen LogP) is 7.84. The van der Waals surface area contributed by atoms with Crippen molar-refractivity contribution in [1.29, 1.82) is 0 Å². The monoisotopic (exact) mass is 434 g/mol. The number of benzene rings is 1. The average Bonchev–Trinajstić information content (AvgIpc) is 2.76. The number of ether oxygens (including phenoxy) is 1. The van der Waals surface area contributed by atoms with Gasteiger partial charge in [-0.25, -0.2) is 0 Å². The summed E-state index contributed by atoms with van der Waals surface area (Å²) >= 11 is 0. The molecule has 0 aliphatic rings. The number of hydrogen-bond acceptors (Lipinski definition) is 4. The van der Waals surface area contributed by atoms with Crippen molar-refractivity contribution in [3.63, 3.8) is 0 Å². The molecule has 0 heterocycles. The number of hydrogen-bond donors (Lipinski definition) is 2. The number of esters is 1. The molecule has 178 valence electrons. The van der Waals surface area contributed by atoms with E-state index in [4.69, 9.17) is 4.74 Å². The van der Waals surface area contributed by atoms with Crippen molar-refractivity contribution < 1.29 is 19.7 Å². The Morgan fingerprint density at radius 3 is 1.81 bits per heavy atom. The summed E-state index contributed by atoms with van der Waals surface area (Å²) in [7, 11) is 0. The van der Waals surface area contributed by atoms with Gasteiger partial charge in [-0.1, -0.05) is 109 Å². The van der Waals surface area contributed by atoms with E-state index >= 15 is 0 Å². The average molecular weight is 435 g/mol. The lowest BCUT2D eigenvalue weighted by Gasteiger charge is -2.07. The minimum Gasteiger partial charge on any atom is -0.504 e. The van der Waals surface area contributed by atoms with Crippen LogP contribution in [0.15, 0.2) is 18.2 Å². The van der Waals surface area contributed by atoms with Crippen LogP contribution in [0.4, 0.5) is 0 Å². The molecule has 0 unspecified atom stereocenters. The Bertz CT molecular complexity index is 570. The second kappa shape index (κ2) is 19.0. The van der Waals surface area contributed by atoms with Gasteiger partial charge in [0.25, 0.3) is 0 Å². The molecule has 4 heteroatoms. The molecule has 0 bridgehead atoms. The van der Waals surface area contributed by atoms with Gasteiger partial charge in [-0.15, -0.1) is 0 Å². The molecule has 1 aromatic rings. The zero-order valence-electron chi connectivity index (χ0n) is 19.9. The lowest BCUT2D eigenvalue weighted by atomic mass is 10.0. The quantitative estimate of drug-likeness (QED) is 0.125. The molecule has 0 atom stereocenters. The first kappa shape index (κ1) is 27.3. The Labute approximate surface area is 190 Å². The third-order valence-corrected chi connectivity index (χ3v) is 5.94. The van der Waals surface area contributed by atoms with Gasteiger partial charge in [-0.3, -0.25) is 4.79 Å². The highest BCUT2D eigenvalue weighted by molar-refractivity contribution is 5.69. The second-order valence-electron chi connectivity index (χ2n) is 8.81. The van der Waals surface area contributed by atoms with Crippen LogP contribution < -0.4 is 0 Å². The Morgan fingerprint density at radius 2 is 1.26 bits per heavy atom. The van der Waals surface area contributed by atoms with Crippen LogP contribution in [0.25, 0.3) is 0 Å². The Hall–Kier alpha value is -1.71. The number of aromatic hydroxyl groups is 2. The summed E-state index contributed by atoms with van der Waals surface area (Å²) in [6.07, 6.45) is 21.5. The van der Waals surface area contributed by atoms with Gasteiger partial charge in [0.1, 0.15) is 0 Å². The van der Waals surface area contributed by atoms with Crippen LogP contribution in [0, 0.1) is 0 Å². The van der Waals surface area contributed by atoms with E-state index in [1.54, 1.807) is 12.1 Å². The maximum Gasteiger partial charge on any atom is 0.305 e. The van der Waals surface area contributed by atoms with E-state index in [-0.39, 0.29) is 17.5 Å². The highest BCUT2D eigenvalue weighted by atomic mass is 16.5. The standard InChI is InChI=1S/C27H46O4/c1-2-3-4-5-6-7-8-9-10-11-12-13-14-15-16-22-26(29)31-23-18-20-24-19-17-21-25(28)27(24)30/h17,19,21,28,30H,2-16,18,20,22-23H2,1H3. The molecule has 1 rings (SSSR count). The highest BCUT2D eigenvalue weighted by Crippen LogP contribution is 2.28. The van der Waals surface area contributed by atoms with Crippen LogP contribution in [-0.2, 0) is 16.0 Å². The Kier molecular flexibility index (Phi) is 16.8. The normalized spacial score (nSPS) is 11.0. The third-order valence-electron chi connectivity index (χ3n) is 5.94. The molecule has 0 aliphatic heterocycles. The first-order valence-corrected chi connectivity index (χ1v) is 12.8. The summed E-state index contributed by atoms with van der Waals surface area (Å²) < 4.78 is 5.27. The van der Waals surface area contributed by atoms with E-state index in [0.717, 1.165) is 12.8 Å². The van der Waals surface area contributed by atoms with E-state index in [0.29, 0.717) is 31.4 Å². The van der Waals surface area contributed by atoms with E-state index < -0.39 is 0 Å². The van der Waals surface area contributed by atoms with E-state index in [1.807, 2.05) is 0 Å². The molecular formula is C27H46O4. The van der Waals surface area contributed by atoms with Crippen molar-refractivity contribution in [3.8, 4) is 11.5 Å². The van der Waals surface area contributed by atoms with Gasteiger partial charge >= 0.3 is 5.97 Å². The Morgan fingerprint density at radius 1 is 0.742 bits per heavy atom. The van der Waals surface area contributed by atoms with E-state index in [9.17, 15) is 15.0 Å². The SMILES string of the molecule is CCCCCCCCCCCCCCCCCC(=O)OCCCc1cccc(O)c1O. The molecule has 0 radical (unpaired) electrons. The highest BCUT2D eigenvalue weighted by Gasteiger charge is 2.07. The van der Waals surface area contributed by atoms with Crippen molar-refractivity contribution in [2.75, 3.05) is 6.61 Å². The van der Waals surface area contributed by atoms with Gasteiger partial charge in [0.05, 0.1) is 6.61 Å². The van der Waals surface area contributed by atoms with Crippen molar-refractivity contribution in [2.45, 2.75) is 122 Å². The molecule has 0 saturated carbocycles. The zero-order valence-corrected chi connectivity index (χ0v) is 19.9. The predicted molar refractivity (Wildman–Crippen MR) is 129 cm³/mol. The summed E-state index contributed by atoms with van der Waals surface area (Å²) in [5, 5.41) is 19.2. The lowest BCUT2D eigenvalue weighted by molar-refractivity contribution is -0.143. The van der Waals surface area contributed by atoms with Crippen molar-refractivity contribution in [3.05, 3.63) is 23.8 Å². The van der Waals surface area contributed by atoms with Gasteiger partial charge in [-0.2, -0.15) is 0 Å². The number of carbonyl (C=O) groups excluding carboxylic acids is 1. The van der Waals surface area contributed by atoms with Crippen LogP contribution in [0.3, 0.4) is 0 Å². The number of carbonyl (C=O) groups is 1. The molecule has 31 heavy (non-hydrogen) atoms. The number of aryl methyl sites for hydroxylation is 1. The van der Waals surface area contributed by atoms with Gasteiger partial charge in [0.2, 0.25) is 0 Å². The Balaban J connectivity index is 1.83. The van der Waals surface area contributed by atoms with Crippen LogP contribution in [-0.4, -0.2) is 22.8 Å². The number of para-hydroxylation sites is 1. The maximum absolute atomic E-state index is 11.8. The van der Waals surface area contributed by atoms with Crippen LogP contribution in [0.5, 0.6) is 11.5 Å². The fourth-order valence-corrected chi connectivity index (χ4v) is 3.94. The molecule has 0 amide bonds. The number of phenols is 2. The molecule has 0 saturated heterocycles. The van der Waals surface area contributed by atoms with Crippen LogP contribution in [0.2, 0.25) is 0 Å². The smallest absolute Gasteiger partial charge is 0.305 e. The minimum absolute atomic E-state index is 0.0772. The fraction of sp³-hybridized carbons (Fsp3) is 0.741. The molecular weight excluding hydrogens is 388 g/mol. The van der Waals surface area contributed by atoms with E-state index in [2.05, 4.69) is 6.92 Å². The van der Waals surface area contributed by atoms with Crippen molar-refractivity contribution in [2.24, 2.45) is 0 Å². The summed E-state index contributed by atoms with van der Waals surface area (Å²) in [5.41, 5.74) is 0.679. The van der Waals surface area contributed by atoms with Gasteiger partial charge < -0.3 is 14.9 Å². The second-order valence-corrected chi connectivity index (χ2v) is 8.81. The molecule has 0 aromatic heterocycles. The largest absolute Gasteiger partial charge is 0.504 e. The van der Waals surface area contributed by atoms with Crippen LogP contribution in [0.1, 0.15) is 122 Å². The van der Waals surface area contributed by atoms with Gasteiger partial charge in [-0.05, 0) is 30.9 Å². The molecule has 0 aliphatic carbocycles. The van der Waals surface area contributed by atoms with Gasteiger partial charge in [0.15, 0.2) is 11.5 Å². The summed E-state index contributed by atoms with van der Waals surface area (Å²) in [6, 6.07) is 4.93. The summed E-state index contributed by atoms with van der Waals surface area (Å²) in [5.74, 6) is -0.316. The van der Waals surface area contributed by atoms with Crippen molar-refractivity contribution >= 4 is 5.97 Å². The first-order chi connectivity index (χ1) is 15.1.